The molecule has 0 unspecified atom stereocenters. The van der Waals surface area contributed by atoms with Crippen molar-refractivity contribution in [1.82, 2.24) is 4.90 Å². The standard InChI is InChI=1S/C14H20Cl2N2O2/c1-3-11(4-2)18(7-8-19)14(20)17-10-5-6-12(15)13(16)9-10/h5-6,9,11,19H,3-4,7-8H2,1-2H3,(H,17,20). The second-order valence-electron chi connectivity index (χ2n) is 4.45. The minimum Gasteiger partial charge on any atom is -0.395 e. The highest BCUT2D eigenvalue weighted by Crippen LogP contribution is 2.25. The van der Waals surface area contributed by atoms with E-state index in [0.29, 0.717) is 22.3 Å². The van der Waals surface area contributed by atoms with Crippen LogP contribution in [0.25, 0.3) is 0 Å². The third kappa shape index (κ3) is 4.54. The molecule has 2 N–H and O–H groups in total. The third-order valence-electron chi connectivity index (χ3n) is 3.16. The van der Waals surface area contributed by atoms with Crippen LogP contribution in [0, 0.1) is 0 Å². The monoisotopic (exact) mass is 318 g/mol. The molecule has 0 atom stereocenters. The Balaban J connectivity index is 2.81. The fraction of sp³-hybridized carbons (Fsp3) is 0.500. The van der Waals surface area contributed by atoms with Crippen molar-refractivity contribution in [1.29, 1.82) is 0 Å². The number of benzene rings is 1. The number of aliphatic hydroxyl groups is 1. The summed E-state index contributed by atoms with van der Waals surface area (Å²) in [6, 6.07) is 4.78. The molecular formula is C14H20Cl2N2O2. The molecule has 0 spiro atoms. The van der Waals surface area contributed by atoms with Crippen molar-refractivity contribution in [3.8, 4) is 0 Å². The van der Waals surface area contributed by atoms with Crippen molar-refractivity contribution in [2.24, 2.45) is 0 Å². The quantitative estimate of drug-likeness (QED) is 0.832. The van der Waals surface area contributed by atoms with E-state index < -0.39 is 0 Å². The number of hydrogen-bond donors (Lipinski definition) is 2. The Hall–Kier alpha value is -0.970. The van der Waals surface area contributed by atoms with Gasteiger partial charge in [-0.25, -0.2) is 4.79 Å². The number of nitrogens with zero attached hydrogens (tertiary/aromatic N) is 1. The number of carbonyl (C=O) groups is 1. The van der Waals surface area contributed by atoms with Crippen LogP contribution in [-0.4, -0.2) is 35.2 Å². The first-order valence-corrected chi connectivity index (χ1v) is 7.42. The number of anilines is 1. The van der Waals surface area contributed by atoms with Crippen molar-refractivity contribution in [2.75, 3.05) is 18.5 Å². The predicted molar refractivity (Wildman–Crippen MR) is 83.6 cm³/mol. The van der Waals surface area contributed by atoms with Gasteiger partial charge in [0.05, 0.1) is 16.7 Å². The lowest BCUT2D eigenvalue weighted by atomic mass is 10.1. The smallest absolute Gasteiger partial charge is 0.322 e. The molecule has 2 amide bonds. The number of carbonyl (C=O) groups excluding carboxylic acids is 1. The number of urea groups is 1. The van der Waals surface area contributed by atoms with E-state index in [0.717, 1.165) is 12.8 Å². The van der Waals surface area contributed by atoms with Gasteiger partial charge in [0, 0.05) is 18.3 Å². The highest BCUT2D eigenvalue weighted by atomic mass is 35.5. The Morgan fingerprint density at radius 3 is 2.45 bits per heavy atom. The molecule has 0 aliphatic rings. The summed E-state index contributed by atoms with van der Waals surface area (Å²) in [4.78, 5) is 13.9. The van der Waals surface area contributed by atoms with Gasteiger partial charge in [0.1, 0.15) is 0 Å². The maximum absolute atomic E-state index is 12.3. The van der Waals surface area contributed by atoms with Crippen molar-refractivity contribution in [2.45, 2.75) is 32.7 Å². The second kappa shape index (κ2) is 8.35. The Bertz CT molecular complexity index is 451. The van der Waals surface area contributed by atoms with E-state index >= 15 is 0 Å². The molecule has 1 aromatic carbocycles. The molecule has 4 nitrogen and oxygen atoms in total. The van der Waals surface area contributed by atoms with Crippen LogP contribution in [0.2, 0.25) is 10.0 Å². The van der Waals surface area contributed by atoms with Crippen LogP contribution in [0.1, 0.15) is 26.7 Å². The minimum absolute atomic E-state index is 0.0642. The maximum atomic E-state index is 12.3. The summed E-state index contributed by atoms with van der Waals surface area (Å²) in [7, 11) is 0. The molecule has 1 rings (SSSR count). The molecule has 0 aliphatic heterocycles. The molecule has 6 heteroatoms. The summed E-state index contributed by atoms with van der Waals surface area (Å²) in [6.45, 7) is 4.28. The Morgan fingerprint density at radius 2 is 1.95 bits per heavy atom. The van der Waals surface area contributed by atoms with Crippen LogP contribution in [0.3, 0.4) is 0 Å². The molecule has 0 saturated heterocycles. The highest BCUT2D eigenvalue weighted by Gasteiger charge is 2.20. The number of nitrogens with one attached hydrogen (secondary N) is 1. The number of amides is 2. The number of aliphatic hydroxyl groups excluding tert-OH is 1. The summed E-state index contributed by atoms with van der Waals surface area (Å²) in [5, 5.41) is 12.7. The van der Waals surface area contributed by atoms with E-state index in [-0.39, 0.29) is 18.7 Å². The first kappa shape index (κ1) is 17.1. The average Bonchev–Trinajstić information content (AvgIpc) is 2.43. The summed E-state index contributed by atoms with van der Waals surface area (Å²) in [6.07, 6.45) is 1.68. The number of halogens is 2. The van der Waals surface area contributed by atoms with Crippen molar-refractivity contribution in [3.63, 3.8) is 0 Å². The average molecular weight is 319 g/mol. The van der Waals surface area contributed by atoms with Crippen LogP contribution in [0.15, 0.2) is 18.2 Å². The van der Waals surface area contributed by atoms with Crippen LogP contribution in [-0.2, 0) is 0 Å². The van der Waals surface area contributed by atoms with E-state index in [4.69, 9.17) is 28.3 Å². The molecule has 0 aromatic heterocycles. The van der Waals surface area contributed by atoms with Gasteiger partial charge in [-0.3, -0.25) is 0 Å². The van der Waals surface area contributed by atoms with E-state index in [1.165, 1.54) is 0 Å². The minimum atomic E-state index is -0.244. The molecule has 0 fully saturated rings. The van der Waals surface area contributed by atoms with Gasteiger partial charge >= 0.3 is 6.03 Å². The summed E-state index contributed by atoms with van der Waals surface area (Å²) >= 11 is 11.8. The van der Waals surface area contributed by atoms with Gasteiger partial charge in [-0.05, 0) is 31.0 Å². The zero-order valence-electron chi connectivity index (χ0n) is 11.7. The van der Waals surface area contributed by atoms with E-state index in [1.807, 2.05) is 13.8 Å². The first-order chi connectivity index (χ1) is 9.53. The zero-order valence-corrected chi connectivity index (χ0v) is 13.2. The topological polar surface area (TPSA) is 52.6 Å². The lowest BCUT2D eigenvalue weighted by Crippen LogP contribution is -2.44. The molecule has 0 radical (unpaired) electrons. The predicted octanol–water partition coefficient (Wildman–Crippen LogP) is 4.01. The largest absolute Gasteiger partial charge is 0.395 e. The van der Waals surface area contributed by atoms with Gasteiger partial charge in [0.15, 0.2) is 0 Å². The van der Waals surface area contributed by atoms with Crippen molar-refractivity contribution in [3.05, 3.63) is 28.2 Å². The van der Waals surface area contributed by atoms with E-state index in [1.54, 1.807) is 23.1 Å². The molecule has 20 heavy (non-hydrogen) atoms. The van der Waals surface area contributed by atoms with E-state index in [9.17, 15) is 4.79 Å². The summed E-state index contributed by atoms with van der Waals surface area (Å²) in [5.74, 6) is 0. The van der Waals surface area contributed by atoms with Gasteiger partial charge in [0.25, 0.3) is 0 Å². The Labute approximate surface area is 129 Å². The fourth-order valence-corrected chi connectivity index (χ4v) is 2.35. The molecule has 0 bridgehead atoms. The summed E-state index contributed by atoms with van der Waals surface area (Å²) < 4.78 is 0. The molecule has 0 saturated carbocycles. The van der Waals surface area contributed by atoms with E-state index in [2.05, 4.69) is 5.32 Å². The van der Waals surface area contributed by atoms with Crippen LogP contribution in [0.5, 0.6) is 0 Å². The second-order valence-corrected chi connectivity index (χ2v) is 5.26. The first-order valence-electron chi connectivity index (χ1n) is 6.67. The zero-order chi connectivity index (χ0) is 15.1. The van der Waals surface area contributed by atoms with Crippen LogP contribution in [0.4, 0.5) is 10.5 Å². The SMILES string of the molecule is CCC(CC)N(CCO)C(=O)Nc1ccc(Cl)c(Cl)c1. The maximum Gasteiger partial charge on any atom is 0.322 e. The Kier molecular flexibility index (Phi) is 7.13. The molecule has 0 aliphatic carbocycles. The van der Waals surface area contributed by atoms with Gasteiger partial charge in [-0.2, -0.15) is 0 Å². The molecular weight excluding hydrogens is 299 g/mol. The normalized spacial score (nSPS) is 10.7. The number of hydrogen-bond acceptors (Lipinski definition) is 2. The fourth-order valence-electron chi connectivity index (χ4n) is 2.06. The third-order valence-corrected chi connectivity index (χ3v) is 3.89. The molecule has 1 aromatic rings. The molecule has 0 heterocycles. The van der Waals surface area contributed by atoms with Crippen LogP contribution >= 0.6 is 23.2 Å². The lowest BCUT2D eigenvalue weighted by molar-refractivity contribution is 0.158. The number of rotatable bonds is 6. The van der Waals surface area contributed by atoms with Gasteiger partial charge in [-0.1, -0.05) is 37.0 Å². The van der Waals surface area contributed by atoms with Gasteiger partial charge in [0.2, 0.25) is 0 Å². The van der Waals surface area contributed by atoms with Gasteiger partial charge in [-0.15, -0.1) is 0 Å². The Morgan fingerprint density at radius 1 is 1.30 bits per heavy atom. The highest BCUT2D eigenvalue weighted by molar-refractivity contribution is 6.42. The summed E-state index contributed by atoms with van der Waals surface area (Å²) in [5.41, 5.74) is 0.582. The van der Waals surface area contributed by atoms with Crippen molar-refractivity contribution >= 4 is 34.9 Å². The lowest BCUT2D eigenvalue weighted by Gasteiger charge is -2.30. The van der Waals surface area contributed by atoms with Gasteiger partial charge < -0.3 is 15.3 Å². The molecule has 112 valence electrons. The van der Waals surface area contributed by atoms with Crippen LogP contribution < -0.4 is 5.32 Å². The van der Waals surface area contributed by atoms with Crippen molar-refractivity contribution < 1.29 is 9.90 Å².